The summed E-state index contributed by atoms with van der Waals surface area (Å²) in [6, 6.07) is 9.25. The highest BCUT2D eigenvalue weighted by Crippen LogP contribution is 2.26. The molecule has 2 rings (SSSR count). The molecule has 0 saturated heterocycles. The van der Waals surface area contributed by atoms with Crippen LogP contribution in [0.15, 0.2) is 36.4 Å². The summed E-state index contributed by atoms with van der Waals surface area (Å²) >= 11 is 0. The van der Waals surface area contributed by atoms with Crippen molar-refractivity contribution in [2.24, 2.45) is 0 Å². The van der Waals surface area contributed by atoms with Gasteiger partial charge in [-0.15, -0.1) is 0 Å². The fraction of sp³-hybridized carbons (Fsp3) is 0.250. The Hall–Kier alpha value is -2.30. The smallest absolute Gasteiger partial charge is 0.256 e. The number of rotatable bonds is 2. The lowest BCUT2D eigenvalue weighted by molar-refractivity contribution is 0.102. The van der Waals surface area contributed by atoms with Crippen LogP contribution in [-0.2, 0) is 5.41 Å². The van der Waals surface area contributed by atoms with E-state index in [2.05, 4.69) is 10.3 Å². The van der Waals surface area contributed by atoms with Crippen molar-refractivity contribution in [2.75, 3.05) is 5.32 Å². The second-order valence-electron chi connectivity index (χ2n) is 5.72. The average molecular weight is 290 g/mol. The molecular weight excluding hydrogens is 274 g/mol. The Labute approximate surface area is 122 Å². The van der Waals surface area contributed by atoms with E-state index < -0.39 is 17.8 Å². The van der Waals surface area contributed by atoms with E-state index in [0.29, 0.717) is 5.56 Å². The predicted octanol–water partition coefficient (Wildman–Crippen LogP) is 3.91. The number of hydrogen-bond donors (Lipinski definition) is 1. The highest BCUT2D eigenvalue weighted by Gasteiger charge is 2.21. The summed E-state index contributed by atoms with van der Waals surface area (Å²) in [7, 11) is 0. The lowest BCUT2D eigenvalue weighted by Gasteiger charge is -2.22. The molecule has 1 N–H and O–H groups in total. The third-order valence-electron chi connectivity index (χ3n) is 3.04. The van der Waals surface area contributed by atoms with Gasteiger partial charge in [0.05, 0.1) is 5.69 Å². The van der Waals surface area contributed by atoms with Crippen molar-refractivity contribution in [3.05, 3.63) is 59.4 Å². The molecule has 0 atom stereocenters. The Morgan fingerprint density at radius 1 is 1.10 bits per heavy atom. The molecule has 0 fully saturated rings. The van der Waals surface area contributed by atoms with Gasteiger partial charge in [0.15, 0.2) is 0 Å². The van der Waals surface area contributed by atoms with Gasteiger partial charge < -0.3 is 5.32 Å². The van der Waals surface area contributed by atoms with Gasteiger partial charge in [0.2, 0.25) is 11.9 Å². The van der Waals surface area contributed by atoms with Crippen LogP contribution in [0.3, 0.4) is 0 Å². The van der Waals surface area contributed by atoms with E-state index in [0.717, 1.165) is 17.7 Å². The number of aromatic nitrogens is 1. The second-order valence-corrected chi connectivity index (χ2v) is 5.72. The van der Waals surface area contributed by atoms with Gasteiger partial charge in [-0.25, -0.2) is 0 Å². The summed E-state index contributed by atoms with van der Waals surface area (Å²) in [5.41, 5.74) is 0.921. The number of benzene rings is 1. The summed E-state index contributed by atoms with van der Waals surface area (Å²) in [4.78, 5) is 15.4. The van der Waals surface area contributed by atoms with E-state index in [-0.39, 0.29) is 11.1 Å². The van der Waals surface area contributed by atoms with Crippen LogP contribution in [0.1, 0.15) is 36.7 Å². The fourth-order valence-electron chi connectivity index (χ4n) is 2.03. The summed E-state index contributed by atoms with van der Waals surface area (Å²) < 4.78 is 26.3. The van der Waals surface area contributed by atoms with Crippen molar-refractivity contribution in [1.29, 1.82) is 0 Å². The number of amides is 1. The number of nitrogens with zero attached hydrogens (tertiary/aromatic N) is 1. The number of carbonyl (C=O) groups is 1. The highest BCUT2D eigenvalue weighted by atomic mass is 19.1. The normalized spacial score (nSPS) is 11.3. The van der Waals surface area contributed by atoms with E-state index in [1.165, 1.54) is 0 Å². The third kappa shape index (κ3) is 3.42. The first-order chi connectivity index (χ1) is 9.79. The van der Waals surface area contributed by atoms with Gasteiger partial charge in [0.1, 0.15) is 0 Å². The molecule has 5 heteroatoms. The Morgan fingerprint density at radius 2 is 1.76 bits per heavy atom. The van der Waals surface area contributed by atoms with Crippen molar-refractivity contribution in [3.63, 3.8) is 0 Å². The van der Waals surface area contributed by atoms with Crippen LogP contribution in [0.2, 0.25) is 0 Å². The number of nitrogens with one attached hydrogen (secondary N) is 1. The molecule has 1 aromatic heterocycles. The first-order valence-corrected chi connectivity index (χ1v) is 6.52. The largest absolute Gasteiger partial charge is 0.318 e. The number of hydrogen-bond acceptors (Lipinski definition) is 2. The maximum atomic E-state index is 13.5. The molecule has 0 aliphatic rings. The first-order valence-electron chi connectivity index (χ1n) is 6.52. The van der Waals surface area contributed by atoms with Gasteiger partial charge in [-0.05, 0) is 29.2 Å². The topological polar surface area (TPSA) is 42.0 Å². The van der Waals surface area contributed by atoms with Gasteiger partial charge in [0, 0.05) is 5.56 Å². The zero-order valence-corrected chi connectivity index (χ0v) is 12.1. The average Bonchev–Trinajstić information content (AvgIpc) is 2.41. The van der Waals surface area contributed by atoms with Crippen molar-refractivity contribution in [2.45, 2.75) is 26.2 Å². The molecule has 0 spiro atoms. The van der Waals surface area contributed by atoms with Gasteiger partial charge >= 0.3 is 0 Å². The van der Waals surface area contributed by atoms with Crippen molar-refractivity contribution >= 4 is 11.6 Å². The quantitative estimate of drug-likeness (QED) is 0.852. The molecule has 1 heterocycles. The van der Waals surface area contributed by atoms with Gasteiger partial charge in [-0.2, -0.15) is 13.8 Å². The molecule has 0 saturated carbocycles. The highest BCUT2D eigenvalue weighted by molar-refractivity contribution is 6.05. The van der Waals surface area contributed by atoms with Gasteiger partial charge in [-0.3, -0.25) is 4.79 Å². The first kappa shape index (κ1) is 15.1. The number of anilines is 1. The minimum atomic E-state index is -1.04. The SMILES string of the molecule is CC(C)(C)c1ccccc1C(=O)Nc1ccc(F)nc1F. The zero-order chi connectivity index (χ0) is 15.6. The fourth-order valence-corrected chi connectivity index (χ4v) is 2.03. The molecule has 2 aromatic rings. The maximum absolute atomic E-state index is 13.5. The Kier molecular flexibility index (Phi) is 4.02. The van der Waals surface area contributed by atoms with Crippen molar-refractivity contribution in [3.8, 4) is 0 Å². The number of carbonyl (C=O) groups excluding carboxylic acids is 1. The van der Waals surface area contributed by atoms with E-state index in [1.54, 1.807) is 12.1 Å². The molecule has 21 heavy (non-hydrogen) atoms. The Morgan fingerprint density at radius 3 is 2.38 bits per heavy atom. The van der Waals surface area contributed by atoms with Crippen molar-refractivity contribution in [1.82, 2.24) is 4.98 Å². The van der Waals surface area contributed by atoms with Crippen LogP contribution in [-0.4, -0.2) is 10.9 Å². The molecule has 0 unspecified atom stereocenters. The molecule has 1 aromatic carbocycles. The van der Waals surface area contributed by atoms with Crippen LogP contribution < -0.4 is 5.32 Å². The van der Waals surface area contributed by atoms with E-state index in [9.17, 15) is 13.6 Å². The number of pyridine rings is 1. The van der Waals surface area contributed by atoms with E-state index in [4.69, 9.17) is 0 Å². The molecule has 0 radical (unpaired) electrons. The Bertz CT molecular complexity index is 678. The minimum Gasteiger partial charge on any atom is -0.318 e. The van der Waals surface area contributed by atoms with Crippen LogP contribution in [0.5, 0.6) is 0 Å². The molecule has 0 aliphatic heterocycles. The monoisotopic (exact) mass is 290 g/mol. The molecule has 0 bridgehead atoms. The van der Waals surface area contributed by atoms with E-state index >= 15 is 0 Å². The lowest BCUT2D eigenvalue weighted by atomic mass is 9.83. The molecular formula is C16H16F2N2O. The standard InChI is InChI=1S/C16H16F2N2O/c1-16(2,3)11-7-5-4-6-10(11)15(21)19-12-8-9-13(17)20-14(12)18/h4-9H,1-3H3,(H,19,21). The minimum absolute atomic E-state index is 0.148. The Balaban J connectivity index is 2.33. The van der Waals surface area contributed by atoms with E-state index in [1.807, 2.05) is 32.9 Å². The lowest BCUT2D eigenvalue weighted by Crippen LogP contribution is -2.21. The van der Waals surface area contributed by atoms with Gasteiger partial charge in [-0.1, -0.05) is 39.0 Å². The summed E-state index contributed by atoms with van der Waals surface area (Å²) in [6.45, 7) is 5.96. The number of halogens is 2. The molecule has 0 aliphatic carbocycles. The van der Waals surface area contributed by atoms with Gasteiger partial charge in [0.25, 0.3) is 5.91 Å². The summed E-state index contributed by atoms with van der Waals surface area (Å²) in [5.74, 6) is -2.43. The van der Waals surface area contributed by atoms with Crippen LogP contribution >= 0.6 is 0 Å². The molecule has 3 nitrogen and oxygen atoms in total. The summed E-state index contributed by atoms with van der Waals surface area (Å²) in [5, 5.41) is 2.42. The molecule has 110 valence electrons. The zero-order valence-electron chi connectivity index (χ0n) is 12.1. The summed E-state index contributed by atoms with van der Waals surface area (Å²) in [6.07, 6.45) is 0. The predicted molar refractivity (Wildman–Crippen MR) is 77.2 cm³/mol. The molecule has 1 amide bonds. The second kappa shape index (κ2) is 5.60. The van der Waals surface area contributed by atoms with Crippen LogP contribution in [0.25, 0.3) is 0 Å². The van der Waals surface area contributed by atoms with Crippen LogP contribution in [0, 0.1) is 11.9 Å². The van der Waals surface area contributed by atoms with Crippen molar-refractivity contribution < 1.29 is 13.6 Å². The third-order valence-corrected chi connectivity index (χ3v) is 3.04. The maximum Gasteiger partial charge on any atom is 0.256 e. The van der Waals surface area contributed by atoms with Crippen LogP contribution in [0.4, 0.5) is 14.5 Å².